The van der Waals surface area contributed by atoms with Crippen LogP contribution in [0, 0.1) is 11.2 Å². The van der Waals surface area contributed by atoms with Gasteiger partial charge in [-0.15, -0.1) is 0 Å². The summed E-state index contributed by atoms with van der Waals surface area (Å²) in [6.45, 7) is 0.234. The van der Waals surface area contributed by atoms with Crippen LogP contribution in [-0.4, -0.2) is 30.2 Å². The molecule has 1 aliphatic heterocycles. The Morgan fingerprint density at radius 1 is 1.10 bits per heavy atom. The van der Waals surface area contributed by atoms with Gasteiger partial charge in [-0.05, 0) is 29.0 Å². The average Bonchev–Trinajstić information content (AvgIpc) is 3.13. The van der Waals surface area contributed by atoms with Crippen LogP contribution in [0.2, 0.25) is 0 Å². The summed E-state index contributed by atoms with van der Waals surface area (Å²) in [4.78, 5) is 24.1. The van der Waals surface area contributed by atoms with E-state index in [1.165, 1.54) is 6.07 Å². The van der Waals surface area contributed by atoms with Gasteiger partial charge in [0.05, 0.1) is 18.0 Å². The van der Waals surface area contributed by atoms with E-state index in [9.17, 15) is 14.0 Å². The maximum absolute atomic E-state index is 14.4. The minimum absolute atomic E-state index is 0.00193. The van der Waals surface area contributed by atoms with Crippen LogP contribution >= 0.6 is 0 Å². The van der Waals surface area contributed by atoms with Gasteiger partial charge < -0.3 is 15.8 Å². The van der Waals surface area contributed by atoms with Gasteiger partial charge in [0.1, 0.15) is 11.9 Å². The zero-order valence-corrected chi connectivity index (χ0v) is 15.4. The van der Waals surface area contributed by atoms with E-state index in [2.05, 4.69) is 5.32 Å². The highest BCUT2D eigenvalue weighted by atomic mass is 19.1. The van der Waals surface area contributed by atoms with Gasteiger partial charge in [-0.2, -0.15) is 0 Å². The number of ether oxygens (including phenoxy) is 1. The highest BCUT2D eigenvalue weighted by molar-refractivity contribution is 6.16. The number of nitrogen functional groups attached to an aromatic ring is 1. The highest BCUT2D eigenvalue weighted by Gasteiger charge is 2.28. The summed E-state index contributed by atoms with van der Waals surface area (Å²) in [6.07, 6.45) is 0.363. The van der Waals surface area contributed by atoms with E-state index in [0.717, 1.165) is 16.8 Å². The van der Waals surface area contributed by atoms with Crippen molar-refractivity contribution in [1.29, 1.82) is 5.41 Å². The molecular formula is C22H18FN3O3. The van der Waals surface area contributed by atoms with Crippen LogP contribution < -0.4 is 11.1 Å². The Hall–Kier alpha value is -3.74. The van der Waals surface area contributed by atoms with Gasteiger partial charge in [0.15, 0.2) is 0 Å². The van der Waals surface area contributed by atoms with Crippen LogP contribution in [0.1, 0.15) is 27.9 Å². The Kier molecular flexibility index (Phi) is 4.72. The van der Waals surface area contributed by atoms with Crippen molar-refractivity contribution in [2.45, 2.75) is 12.5 Å². The fourth-order valence-electron chi connectivity index (χ4n) is 3.32. The number of benzene rings is 3. The number of fused-ring (bicyclic) bond motifs is 1. The quantitative estimate of drug-likeness (QED) is 0.361. The van der Waals surface area contributed by atoms with Gasteiger partial charge in [-0.1, -0.05) is 36.4 Å². The van der Waals surface area contributed by atoms with E-state index in [0.29, 0.717) is 12.0 Å². The molecule has 3 aromatic carbocycles. The summed E-state index contributed by atoms with van der Waals surface area (Å²) in [5.41, 5.74) is 6.30. The van der Waals surface area contributed by atoms with Gasteiger partial charge in [0, 0.05) is 23.1 Å². The number of carbonyl (C=O) groups is 2. The Morgan fingerprint density at radius 2 is 1.86 bits per heavy atom. The van der Waals surface area contributed by atoms with Crippen molar-refractivity contribution in [1.82, 2.24) is 5.32 Å². The molecule has 0 radical (unpaired) electrons. The number of nitrogens with two attached hydrogens (primary N) is 1. The molecule has 1 aliphatic rings. The van der Waals surface area contributed by atoms with Crippen LogP contribution in [0.3, 0.4) is 0 Å². The minimum Gasteiger partial charge on any atom is -0.464 e. The van der Waals surface area contributed by atoms with Gasteiger partial charge in [-0.25, -0.2) is 9.18 Å². The third kappa shape index (κ3) is 3.54. The largest absolute Gasteiger partial charge is 0.464 e. The van der Waals surface area contributed by atoms with Gasteiger partial charge >= 0.3 is 5.97 Å². The molecule has 1 unspecified atom stereocenters. The summed E-state index contributed by atoms with van der Waals surface area (Å²) in [6, 6.07) is 14.7. The topological polar surface area (TPSA) is 105 Å². The Balaban J connectivity index is 1.68. The zero-order chi connectivity index (χ0) is 20.5. The van der Waals surface area contributed by atoms with Crippen molar-refractivity contribution in [3.05, 3.63) is 77.1 Å². The summed E-state index contributed by atoms with van der Waals surface area (Å²) in [7, 11) is 0. The number of amides is 1. The molecule has 0 aromatic heterocycles. The summed E-state index contributed by atoms with van der Waals surface area (Å²) in [5, 5.41) is 13.0. The predicted molar refractivity (Wildman–Crippen MR) is 108 cm³/mol. The van der Waals surface area contributed by atoms with E-state index >= 15 is 0 Å². The number of hydrogen-bond donors (Lipinski definition) is 3. The second kappa shape index (κ2) is 7.35. The van der Waals surface area contributed by atoms with Gasteiger partial charge in [0.2, 0.25) is 0 Å². The van der Waals surface area contributed by atoms with Gasteiger partial charge in [0.25, 0.3) is 5.91 Å². The van der Waals surface area contributed by atoms with Crippen molar-refractivity contribution in [2.75, 3.05) is 12.3 Å². The lowest BCUT2D eigenvalue weighted by atomic mass is 9.96. The standard InChI is InChI=1S/C22H18FN3O3/c23-17-11-15(21(27)26-18-7-8-29-22(18)28)10-16(20(17)25)19(24)14-6-5-12-3-1-2-4-13(12)9-14/h1-6,9-11,18,24H,7-8,25H2,(H,26,27). The first-order valence-electron chi connectivity index (χ1n) is 9.08. The molecule has 1 saturated heterocycles. The molecule has 146 valence electrons. The van der Waals surface area contributed by atoms with Crippen LogP contribution in [0.25, 0.3) is 10.8 Å². The first kappa shape index (κ1) is 18.6. The number of hydrogen-bond acceptors (Lipinski definition) is 5. The highest BCUT2D eigenvalue weighted by Crippen LogP contribution is 2.24. The van der Waals surface area contributed by atoms with E-state index in [1.807, 2.05) is 36.4 Å². The lowest BCUT2D eigenvalue weighted by Gasteiger charge is -2.13. The second-order valence-corrected chi connectivity index (χ2v) is 6.84. The molecule has 1 fully saturated rings. The molecule has 3 aromatic rings. The normalized spacial score (nSPS) is 15.9. The number of esters is 1. The van der Waals surface area contributed by atoms with Crippen molar-refractivity contribution in [3.63, 3.8) is 0 Å². The Labute approximate surface area is 166 Å². The van der Waals surface area contributed by atoms with Crippen LogP contribution in [0.15, 0.2) is 54.6 Å². The van der Waals surface area contributed by atoms with E-state index < -0.39 is 23.7 Å². The van der Waals surface area contributed by atoms with E-state index in [-0.39, 0.29) is 29.1 Å². The Morgan fingerprint density at radius 3 is 2.59 bits per heavy atom. The number of rotatable bonds is 4. The third-order valence-electron chi connectivity index (χ3n) is 4.94. The van der Waals surface area contributed by atoms with E-state index in [4.69, 9.17) is 15.9 Å². The van der Waals surface area contributed by atoms with Crippen LogP contribution in [0.4, 0.5) is 10.1 Å². The predicted octanol–water partition coefficient (Wildman–Crippen LogP) is 3.02. The molecule has 7 heteroatoms. The average molecular weight is 391 g/mol. The molecular weight excluding hydrogens is 373 g/mol. The Bertz CT molecular complexity index is 1160. The molecule has 0 spiro atoms. The fourth-order valence-corrected chi connectivity index (χ4v) is 3.32. The first-order chi connectivity index (χ1) is 13.9. The minimum atomic E-state index is -0.799. The first-order valence-corrected chi connectivity index (χ1v) is 9.08. The number of carbonyl (C=O) groups excluding carboxylic acids is 2. The molecule has 0 saturated carbocycles. The van der Waals surface area contributed by atoms with E-state index in [1.54, 1.807) is 6.07 Å². The van der Waals surface area contributed by atoms with Crippen molar-refractivity contribution >= 4 is 34.0 Å². The molecule has 1 heterocycles. The van der Waals surface area contributed by atoms with Crippen LogP contribution in [0.5, 0.6) is 0 Å². The molecule has 29 heavy (non-hydrogen) atoms. The maximum atomic E-state index is 14.4. The maximum Gasteiger partial charge on any atom is 0.328 e. The summed E-state index contributed by atoms with van der Waals surface area (Å²) in [5.74, 6) is -1.94. The lowest BCUT2D eigenvalue weighted by Crippen LogP contribution is -2.38. The fraction of sp³-hybridized carbons (Fsp3) is 0.136. The molecule has 1 amide bonds. The summed E-state index contributed by atoms with van der Waals surface area (Å²) >= 11 is 0. The number of anilines is 1. The molecule has 1 atom stereocenters. The zero-order valence-electron chi connectivity index (χ0n) is 15.4. The molecule has 4 rings (SSSR count). The molecule has 0 bridgehead atoms. The van der Waals surface area contributed by atoms with Crippen molar-refractivity contribution in [3.8, 4) is 0 Å². The number of nitrogens with one attached hydrogen (secondary N) is 2. The second-order valence-electron chi connectivity index (χ2n) is 6.84. The molecule has 4 N–H and O–H groups in total. The van der Waals surface area contributed by atoms with Crippen molar-refractivity contribution in [2.24, 2.45) is 0 Å². The lowest BCUT2D eigenvalue weighted by molar-refractivity contribution is -0.139. The SMILES string of the molecule is N=C(c1ccc2ccccc2c1)c1cc(C(=O)NC2CCOC2=O)cc(F)c1N. The smallest absolute Gasteiger partial charge is 0.328 e. The third-order valence-corrected chi connectivity index (χ3v) is 4.94. The summed E-state index contributed by atoms with van der Waals surface area (Å²) < 4.78 is 19.2. The molecule has 0 aliphatic carbocycles. The van der Waals surface area contributed by atoms with Crippen LogP contribution in [-0.2, 0) is 9.53 Å². The molecule has 6 nitrogen and oxygen atoms in total. The van der Waals surface area contributed by atoms with Gasteiger partial charge in [-0.3, -0.25) is 10.2 Å². The number of halogens is 1. The monoisotopic (exact) mass is 391 g/mol. The van der Waals surface area contributed by atoms with Crippen molar-refractivity contribution < 1.29 is 18.7 Å². The number of cyclic esters (lactones) is 1.